The summed E-state index contributed by atoms with van der Waals surface area (Å²) in [6.07, 6.45) is 1.53. The van der Waals surface area contributed by atoms with Gasteiger partial charge in [0.2, 0.25) is 0 Å². The number of rotatable bonds is 7. The van der Waals surface area contributed by atoms with E-state index in [1.54, 1.807) is 0 Å². The molecule has 0 aliphatic carbocycles. The minimum atomic E-state index is -0.120. The first-order valence-corrected chi connectivity index (χ1v) is 7.13. The molecule has 0 saturated carbocycles. The van der Waals surface area contributed by atoms with Crippen LogP contribution in [0.2, 0.25) is 0 Å². The molecule has 0 heterocycles. The molecule has 2 amide bonds. The number of amides is 2. The Labute approximate surface area is 109 Å². The molecule has 3 N–H and O–H groups in total. The van der Waals surface area contributed by atoms with Crippen LogP contribution in [0.15, 0.2) is 0 Å². The van der Waals surface area contributed by atoms with Gasteiger partial charge in [0.15, 0.2) is 0 Å². The third kappa shape index (κ3) is 11.8. The average molecular weight is 262 g/mol. The number of carbonyl (C=O) groups excluding carboxylic acids is 1. The Balaban J connectivity index is 3.53. The van der Waals surface area contributed by atoms with Gasteiger partial charge in [-0.25, -0.2) is 4.79 Å². The van der Waals surface area contributed by atoms with E-state index in [9.17, 15) is 4.79 Å². The molecule has 0 aromatic rings. The predicted molar refractivity (Wildman–Crippen MR) is 74.5 cm³/mol. The zero-order chi connectivity index (χ0) is 13.3. The largest absolute Gasteiger partial charge is 0.396 e. The Hall–Kier alpha value is -0.420. The molecule has 0 aromatic carbocycles. The van der Waals surface area contributed by atoms with Crippen LogP contribution in [-0.2, 0) is 0 Å². The van der Waals surface area contributed by atoms with E-state index in [-0.39, 0.29) is 23.4 Å². The van der Waals surface area contributed by atoms with Gasteiger partial charge in [0.05, 0.1) is 0 Å². The van der Waals surface area contributed by atoms with Crippen LogP contribution in [0.25, 0.3) is 0 Å². The van der Waals surface area contributed by atoms with Crippen LogP contribution in [0.4, 0.5) is 4.79 Å². The number of urea groups is 1. The Bertz CT molecular complexity index is 217. The van der Waals surface area contributed by atoms with Crippen molar-refractivity contribution >= 4 is 17.8 Å². The topological polar surface area (TPSA) is 61.4 Å². The molecule has 0 spiro atoms. The summed E-state index contributed by atoms with van der Waals surface area (Å²) in [6.45, 7) is 9.29. The molecule has 0 aliphatic heterocycles. The van der Waals surface area contributed by atoms with Crippen molar-refractivity contribution in [1.82, 2.24) is 10.6 Å². The Kier molecular flexibility index (Phi) is 8.43. The van der Waals surface area contributed by atoms with Crippen molar-refractivity contribution in [2.24, 2.45) is 0 Å². The molecule has 17 heavy (non-hydrogen) atoms. The summed E-state index contributed by atoms with van der Waals surface area (Å²) >= 11 is 1.83. The van der Waals surface area contributed by atoms with E-state index in [0.717, 1.165) is 18.6 Å². The second kappa shape index (κ2) is 8.64. The number of carbonyl (C=O) groups is 1. The number of thioether (sulfide) groups is 1. The van der Waals surface area contributed by atoms with Crippen molar-refractivity contribution in [1.29, 1.82) is 0 Å². The fourth-order valence-corrected chi connectivity index (χ4v) is 2.08. The van der Waals surface area contributed by atoms with Crippen LogP contribution in [-0.4, -0.2) is 40.8 Å². The van der Waals surface area contributed by atoms with E-state index in [1.807, 2.05) is 18.7 Å². The van der Waals surface area contributed by atoms with Crippen LogP contribution in [0, 0.1) is 0 Å². The number of aliphatic hydroxyl groups excluding tert-OH is 1. The third-order valence-corrected chi connectivity index (χ3v) is 3.37. The predicted octanol–water partition coefficient (Wildman–Crippen LogP) is 1.98. The van der Waals surface area contributed by atoms with Crippen LogP contribution in [0.5, 0.6) is 0 Å². The Morgan fingerprint density at radius 1 is 1.41 bits per heavy atom. The molecule has 102 valence electrons. The quantitative estimate of drug-likeness (QED) is 0.615. The standard InChI is InChI=1S/C12H26N2O2S/c1-10(6-5-8-15)14-11(16)13-7-9-17-12(2,3)4/h10,15H,5-9H2,1-4H3,(H2,13,14,16). The molecule has 0 radical (unpaired) electrons. The molecule has 4 nitrogen and oxygen atoms in total. The highest BCUT2D eigenvalue weighted by atomic mass is 32.2. The maximum atomic E-state index is 11.4. The van der Waals surface area contributed by atoms with Crippen LogP contribution in [0.3, 0.4) is 0 Å². The maximum absolute atomic E-state index is 11.4. The van der Waals surface area contributed by atoms with Crippen molar-refractivity contribution in [3.05, 3.63) is 0 Å². The molecule has 0 fully saturated rings. The molecule has 5 heteroatoms. The fraction of sp³-hybridized carbons (Fsp3) is 0.917. The summed E-state index contributed by atoms with van der Waals surface area (Å²) in [5, 5.41) is 14.3. The van der Waals surface area contributed by atoms with Gasteiger partial charge in [-0.05, 0) is 19.8 Å². The smallest absolute Gasteiger partial charge is 0.315 e. The van der Waals surface area contributed by atoms with Gasteiger partial charge >= 0.3 is 6.03 Å². The Morgan fingerprint density at radius 3 is 2.59 bits per heavy atom. The lowest BCUT2D eigenvalue weighted by Gasteiger charge is -2.18. The average Bonchev–Trinajstić information content (AvgIpc) is 2.20. The molecule has 0 saturated heterocycles. The summed E-state index contributed by atoms with van der Waals surface area (Å²) in [5.74, 6) is 0.919. The van der Waals surface area contributed by atoms with E-state index >= 15 is 0 Å². The monoisotopic (exact) mass is 262 g/mol. The summed E-state index contributed by atoms with van der Waals surface area (Å²) in [5.41, 5.74) is 0. The van der Waals surface area contributed by atoms with Crippen molar-refractivity contribution in [3.63, 3.8) is 0 Å². The normalized spacial score (nSPS) is 13.2. The SMILES string of the molecule is CC(CCCO)NC(=O)NCCSC(C)(C)C. The summed E-state index contributed by atoms with van der Waals surface area (Å²) in [6, 6.07) is -0.0117. The lowest BCUT2D eigenvalue weighted by Crippen LogP contribution is -2.41. The summed E-state index contributed by atoms with van der Waals surface area (Å²) < 4.78 is 0.243. The summed E-state index contributed by atoms with van der Waals surface area (Å²) in [4.78, 5) is 11.4. The van der Waals surface area contributed by atoms with Crippen LogP contribution < -0.4 is 10.6 Å². The molecular weight excluding hydrogens is 236 g/mol. The maximum Gasteiger partial charge on any atom is 0.315 e. The fourth-order valence-electron chi connectivity index (χ4n) is 1.27. The van der Waals surface area contributed by atoms with E-state index in [0.29, 0.717) is 6.54 Å². The molecule has 0 bridgehead atoms. The Morgan fingerprint density at radius 2 is 2.06 bits per heavy atom. The van der Waals surface area contributed by atoms with Gasteiger partial charge in [-0.15, -0.1) is 0 Å². The summed E-state index contributed by atoms with van der Waals surface area (Å²) in [7, 11) is 0. The van der Waals surface area contributed by atoms with Crippen molar-refractivity contribution in [2.45, 2.75) is 51.3 Å². The lowest BCUT2D eigenvalue weighted by molar-refractivity contribution is 0.235. The van der Waals surface area contributed by atoms with Crippen molar-refractivity contribution < 1.29 is 9.90 Å². The number of hydrogen-bond acceptors (Lipinski definition) is 3. The van der Waals surface area contributed by atoms with Gasteiger partial charge in [-0.2, -0.15) is 11.8 Å². The van der Waals surface area contributed by atoms with Gasteiger partial charge in [0.1, 0.15) is 0 Å². The number of hydrogen-bond donors (Lipinski definition) is 3. The van der Waals surface area contributed by atoms with E-state index < -0.39 is 0 Å². The minimum absolute atomic E-state index is 0.109. The van der Waals surface area contributed by atoms with Gasteiger partial charge in [0.25, 0.3) is 0 Å². The van der Waals surface area contributed by atoms with Crippen LogP contribution >= 0.6 is 11.8 Å². The first kappa shape index (κ1) is 16.6. The zero-order valence-electron chi connectivity index (χ0n) is 11.4. The second-order valence-corrected chi connectivity index (χ2v) is 7.05. The lowest BCUT2D eigenvalue weighted by atomic mass is 10.2. The molecule has 1 atom stereocenters. The molecule has 0 rings (SSSR count). The van der Waals surface area contributed by atoms with E-state index in [2.05, 4.69) is 31.4 Å². The number of aliphatic hydroxyl groups is 1. The van der Waals surface area contributed by atoms with E-state index in [4.69, 9.17) is 5.11 Å². The van der Waals surface area contributed by atoms with Gasteiger partial charge in [-0.1, -0.05) is 20.8 Å². The molecular formula is C12H26N2O2S. The highest BCUT2D eigenvalue weighted by Gasteiger charge is 2.10. The number of nitrogens with one attached hydrogen (secondary N) is 2. The first-order chi connectivity index (χ1) is 7.85. The molecule has 0 aromatic heterocycles. The van der Waals surface area contributed by atoms with Crippen molar-refractivity contribution in [3.8, 4) is 0 Å². The van der Waals surface area contributed by atoms with Gasteiger partial charge in [-0.3, -0.25) is 0 Å². The van der Waals surface area contributed by atoms with Gasteiger partial charge < -0.3 is 15.7 Å². The third-order valence-electron chi connectivity index (χ3n) is 2.10. The van der Waals surface area contributed by atoms with Crippen LogP contribution in [0.1, 0.15) is 40.5 Å². The highest BCUT2D eigenvalue weighted by Crippen LogP contribution is 2.21. The van der Waals surface area contributed by atoms with Crippen molar-refractivity contribution in [2.75, 3.05) is 18.9 Å². The molecule has 0 aliphatic rings. The van der Waals surface area contributed by atoms with E-state index in [1.165, 1.54) is 0 Å². The van der Waals surface area contributed by atoms with Gasteiger partial charge in [0, 0.05) is 29.7 Å². The first-order valence-electron chi connectivity index (χ1n) is 6.14. The zero-order valence-corrected chi connectivity index (χ0v) is 12.2. The highest BCUT2D eigenvalue weighted by molar-refractivity contribution is 8.00. The minimum Gasteiger partial charge on any atom is -0.396 e. The second-order valence-electron chi connectivity index (χ2n) is 5.13. The molecule has 1 unspecified atom stereocenters.